The topological polar surface area (TPSA) is 157 Å². The Morgan fingerprint density at radius 3 is 2.30 bits per heavy atom. The van der Waals surface area contributed by atoms with Crippen LogP contribution >= 0.6 is 0 Å². The lowest BCUT2D eigenvalue weighted by molar-refractivity contribution is -0.137. The van der Waals surface area contributed by atoms with Crippen LogP contribution in [-0.4, -0.2) is 47.1 Å². The number of hydrogen-bond donors (Lipinski definition) is 3. The second-order valence-electron chi connectivity index (χ2n) is 10.3. The molecule has 12 nitrogen and oxygen atoms in total. The van der Waals surface area contributed by atoms with Gasteiger partial charge in [-0.25, -0.2) is 5.84 Å². The number of anilines is 1. The lowest BCUT2D eigenvalue weighted by atomic mass is 9.79. The molecule has 0 spiro atoms. The van der Waals surface area contributed by atoms with E-state index in [4.69, 9.17) is 40.0 Å². The number of nitrogens with zero attached hydrogens (tertiary/aromatic N) is 1. The Balaban J connectivity index is 0.000000351. The third-order valence-corrected chi connectivity index (χ3v) is 7.49. The van der Waals surface area contributed by atoms with Gasteiger partial charge in [-0.3, -0.25) is 14.6 Å². The van der Waals surface area contributed by atoms with Gasteiger partial charge >= 0.3 is 6.18 Å². The Labute approximate surface area is 268 Å². The predicted octanol–water partition coefficient (Wildman–Crippen LogP) is 4.22. The van der Waals surface area contributed by atoms with E-state index in [-0.39, 0.29) is 30.7 Å². The third-order valence-electron chi connectivity index (χ3n) is 7.49. The number of rotatable bonds is 10. The fourth-order valence-corrected chi connectivity index (χ4v) is 5.17. The number of nitrogens with one attached hydrogen (secondary N) is 1. The first kappa shape index (κ1) is 34.6. The first-order valence-electron chi connectivity index (χ1n) is 14.2. The number of hydrazine groups is 1. The van der Waals surface area contributed by atoms with Crippen molar-refractivity contribution in [2.75, 3.05) is 39.7 Å². The van der Waals surface area contributed by atoms with Crippen molar-refractivity contribution in [1.29, 1.82) is 0 Å². The van der Waals surface area contributed by atoms with Crippen molar-refractivity contribution in [3.05, 3.63) is 83.2 Å². The standard InChI is InChI=1S/C23H23F3N4O5.C9H12O3/c24-23(25,26)15-2-1-3-16(7-15)30(28)9-18(27)22(32)29-21-14(10-33-11-31)5-4-13-6-19-20(8-17(13)21)35-12-34-19;1-10-7-5-4-6-8(11-2)9(7)12-3/h1-3,6-9,11,14,21H,4-5,10,12,27-28H2,(H,29,32);4-6H,1-3H3/b18-9-;. The summed E-state index contributed by atoms with van der Waals surface area (Å²) in [6.07, 6.45) is -2.23. The molecule has 2 unspecified atom stereocenters. The van der Waals surface area contributed by atoms with Gasteiger partial charge in [0.05, 0.1) is 45.2 Å². The van der Waals surface area contributed by atoms with Crippen LogP contribution in [0.25, 0.3) is 0 Å². The van der Waals surface area contributed by atoms with E-state index < -0.39 is 23.7 Å². The van der Waals surface area contributed by atoms with E-state index in [0.717, 1.165) is 34.5 Å². The van der Waals surface area contributed by atoms with E-state index >= 15 is 0 Å². The Bertz CT molecular complexity index is 1580. The number of carbonyl (C=O) groups is 2. The largest absolute Gasteiger partial charge is 0.493 e. The highest BCUT2D eigenvalue weighted by molar-refractivity contribution is 5.93. The van der Waals surface area contributed by atoms with Crippen LogP contribution in [0.4, 0.5) is 18.9 Å². The van der Waals surface area contributed by atoms with Crippen LogP contribution in [0, 0.1) is 5.92 Å². The number of fused-ring (bicyclic) bond motifs is 2. The minimum absolute atomic E-state index is 0.0106. The molecule has 1 aliphatic carbocycles. The maximum Gasteiger partial charge on any atom is 0.416 e. The third kappa shape index (κ3) is 8.30. The second-order valence-corrected chi connectivity index (χ2v) is 10.3. The van der Waals surface area contributed by atoms with Crippen molar-refractivity contribution >= 4 is 18.1 Å². The summed E-state index contributed by atoms with van der Waals surface area (Å²) in [6, 6.07) is 12.8. The highest BCUT2D eigenvalue weighted by atomic mass is 19.4. The molecule has 47 heavy (non-hydrogen) atoms. The SMILES string of the molecule is COc1cccc(OC)c1OC.N/C(=C\N(N)c1cccc(C(F)(F)F)c1)C(=O)NC1c2cc3c(cc2CCC1COC=O)OCO3. The Hall–Kier alpha value is -5.31. The average molecular weight is 661 g/mol. The van der Waals surface area contributed by atoms with Crippen LogP contribution < -0.4 is 45.6 Å². The van der Waals surface area contributed by atoms with Crippen molar-refractivity contribution in [2.24, 2.45) is 17.5 Å². The number of methoxy groups -OCH3 is 3. The average Bonchev–Trinajstić information content (AvgIpc) is 3.53. The molecule has 15 heteroatoms. The van der Waals surface area contributed by atoms with Crippen molar-refractivity contribution in [3.8, 4) is 28.7 Å². The summed E-state index contributed by atoms with van der Waals surface area (Å²) in [5.74, 6) is 8.03. The molecule has 1 heterocycles. The van der Waals surface area contributed by atoms with Gasteiger partial charge in [-0.15, -0.1) is 0 Å². The van der Waals surface area contributed by atoms with Gasteiger partial charge in [0, 0.05) is 12.1 Å². The van der Waals surface area contributed by atoms with Crippen LogP contribution in [0.3, 0.4) is 0 Å². The van der Waals surface area contributed by atoms with Gasteiger partial charge in [0.25, 0.3) is 12.4 Å². The molecule has 3 aromatic rings. The molecule has 0 aromatic heterocycles. The predicted molar refractivity (Wildman–Crippen MR) is 164 cm³/mol. The molecule has 0 radical (unpaired) electrons. The summed E-state index contributed by atoms with van der Waals surface area (Å²) in [5, 5.41) is 3.67. The monoisotopic (exact) mass is 660 g/mol. The van der Waals surface area contributed by atoms with E-state index in [1.165, 1.54) is 12.1 Å². The second kappa shape index (κ2) is 15.3. The van der Waals surface area contributed by atoms with Gasteiger partial charge in [-0.05, 0) is 66.4 Å². The van der Waals surface area contributed by atoms with Crippen molar-refractivity contribution in [1.82, 2.24) is 5.32 Å². The summed E-state index contributed by atoms with van der Waals surface area (Å²) in [4.78, 5) is 23.7. The molecule has 2 atom stereocenters. The zero-order chi connectivity index (χ0) is 34.1. The van der Waals surface area contributed by atoms with Gasteiger partial charge in [0.1, 0.15) is 5.70 Å². The van der Waals surface area contributed by atoms with Crippen molar-refractivity contribution < 1.29 is 51.2 Å². The van der Waals surface area contributed by atoms with E-state index in [1.54, 1.807) is 27.4 Å². The lowest BCUT2D eigenvalue weighted by Gasteiger charge is -2.34. The maximum atomic E-state index is 13.0. The van der Waals surface area contributed by atoms with Crippen LogP contribution in [0.1, 0.15) is 29.2 Å². The maximum absolute atomic E-state index is 13.0. The highest BCUT2D eigenvalue weighted by Crippen LogP contribution is 2.43. The highest BCUT2D eigenvalue weighted by Gasteiger charge is 2.34. The number of amides is 1. The Kier molecular flexibility index (Phi) is 11.3. The zero-order valence-corrected chi connectivity index (χ0v) is 25.8. The molecule has 0 bridgehead atoms. The molecule has 1 aliphatic heterocycles. The molecule has 0 fully saturated rings. The number of benzene rings is 3. The summed E-state index contributed by atoms with van der Waals surface area (Å²) in [6.45, 7) is 0.493. The number of hydrogen-bond acceptors (Lipinski definition) is 11. The summed E-state index contributed by atoms with van der Waals surface area (Å²) >= 11 is 0. The first-order valence-corrected chi connectivity index (χ1v) is 14.2. The molecule has 2 aliphatic rings. The molecular weight excluding hydrogens is 625 g/mol. The normalized spacial score (nSPS) is 16.5. The number of ether oxygens (including phenoxy) is 6. The number of aryl methyl sites for hydroxylation is 1. The van der Waals surface area contributed by atoms with Gasteiger partial charge in [-0.1, -0.05) is 12.1 Å². The van der Waals surface area contributed by atoms with Crippen LogP contribution in [0.15, 0.2) is 66.5 Å². The fourth-order valence-electron chi connectivity index (χ4n) is 5.17. The smallest absolute Gasteiger partial charge is 0.416 e. The Morgan fingerprint density at radius 2 is 1.68 bits per heavy atom. The summed E-state index contributed by atoms with van der Waals surface area (Å²) in [5.41, 5.74) is 6.40. The van der Waals surface area contributed by atoms with Gasteiger partial charge in [0.2, 0.25) is 12.5 Å². The van der Waals surface area contributed by atoms with Crippen molar-refractivity contribution in [2.45, 2.75) is 25.1 Å². The minimum Gasteiger partial charge on any atom is -0.493 e. The van der Waals surface area contributed by atoms with Crippen molar-refractivity contribution in [3.63, 3.8) is 0 Å². The number of alkyl halides is 3. The summed E-state index contributed by atoms with van der Waals surface area (Å²) < 4.78 is 70.1. The quantitative estimate of drug-likeness (QED) is 0.124. The number of nitrogens with two attached hydrogens (primary N) is 2. The van der Waals surface area contributed by atoms with E-state index in [9.17, 15) is 22.8 Å². The first-order chi connectivity index (χ1) is 22.5. The lowest BCUT2D eigenvalue weighted by Crippen LogP contribution is -2.41. The van der Waals surface area contributed by atoms with Gasteiger partial charge < -0.3 is 39.5 Å². The van der Waals surface area contributed by atoms with E-state index in [2.05, 4.69) is 5.32 Å². The Morgan fingerprint density at radius 1 is 1.02 bits per heavy atom. The number of carbonyl (C=O) groups excluding carboxylic acids is 2. The molecule has 252 valence electrons. The van der Waals surface area contributed by atoms with Crippen LogP contribution in [0.2, 0.25) is 0 Å². The molecule has 3 aromatic carbocycles. The fraction of sp³-hybridized carbons (Fsp3) is 0.312. The van der Waals surface area contributed by atoms with Crippen LogP contribution in [-0.2, 0) is 26.9 Å². The van der Waals surface area contributed by atoms with Gasteiger partial charge in [0.15, 0.2) is 23.0 Å². The van der Waals surface area contributed by atoms with E-state index in [0.29, 0.717) is 48.1 Å². The molecule has 0 saturated carbocycles. The number of halogens is 3. The summed E-state index contributed by atoms with van der Waals surface area (Å²) in [7, 11) is 4.77. The molecule has 1 amide bonds. The molecular formula is C32H35F3N4O8. The number of para-hydroxylation sites is 1. The zero-order valence-electron chi connectivity index (χ0n) is 25.8. The molecule has 0 saturated heterocycles. The molecule has 5 rings (SSSR count). The molecule has 5 N–H and O–H groups in total. The van der Waals surface area contributed by atoms with E-state index in [1.807, 2.05) is 24.3 Å². The van der Waals surface area contributed by atoms with Gasteiger partial charge in [-0.2, -0.15) is 13.2 Å². The van der Waals surface area contributed by atoms with Crippen LogP contribution in [0.5, 0.6) is 28.7 Å². The minimum atomic E-state index is -4.55.